The average Bonchev–Trinajstić information content (AvgIpc) is 3.49. The number of benzene rings is 3. The van der Waals surface area contributed by atoms with Crippen LogP contribution in [0.25, 0.3) is 11.1 Å². The van der Waals surface area contributed by atoms with Gasteiger partial charge in [0.15, 0.2) is 14.6 Å². The summed E-state index contributed by atoms with van der Waals surface area (Å²) in [6.07, 6.45) is 8.48. The van der Waals surface area contributed by atoms with Crippen molar-refractivity contribution in [2.24, 2.45) is 11.8 Å². The van der Waals surface area contributed by atoms with Crippen LogP contribution in [0, 0.1) is 11.8 Å². The van der Waals surface area contributed by atoms with Crippen molar-refractivity contribution in [1.82, 2.24) is 0 Å². The van der Waals surface area contributed by atoms with Crippen molar-refractivity contribution >= 4 is 20.3 Å². The summed E-state index contributed by atoms with van der Waals surface area (Å²) >= 11 is 0. The van der Waals surface area contributed by atoms with E-state index < -0.39 is 14.3 Å². The molecule has 1 aliphatic heterocycles. The Labute approximate surface area is 336 Å². The predicted octanol–water partition coefficient (Wildman–Crippen LogP) is 11.5. The molecule has 0 bridgehead atoms. The number of carbonyl (C=O) groups is 2. The molecule has 56 heavy (non-hydrogen) atoms. The van der Waals surface area contributed by atoms with Crippen LogP contribution in [0.15, 0.2) is 84.9 Å². The molecule has 3 unspecified atom stereocenters. The second-order valence-electron chi connectivity index (χ2n) is 17.4. The molecule has 3 aromatic rings. The summed E-state index contributed by atoms with van der Waals surface area (Å²) in [5.41, 5.74) is 2.67. The number of carbonyl (C=O) groups excluding carboxylic acids is 1. The predicted molar refractivity (Wildman–Crippen MR) is 224 cm³/mol. The van der Waals surface area contributed by atoms with Crippen LogP contribution in [0.5, 0.6) is 5.75 Å². The van der Waals surface area contributed by atoms with Gasteiger partial charge in [0, 0.05) is 25.4 Å². The van der Waals surface area contributed by atoms with E-state index in [9.17, 15) is 14.7 Å². The van der Waals surface area contributed by atoms with E-state index in [1.54, 1.807) is 0 Å². The highest BCUT2D eigenvalue weighted by Gasteiger charge is 2.47. The zero-order valence-corrected chi connectivity index (χ0v) is 35.6. The Kier molecular flexibility index (Phi) is 16.2. The molecule has 1 saturated carbocycles. The second-order valence-corrected chi connectivity index (χ2v) is 22.2. The molecular weight excluding hydrogens is 721 g/mol. The van der Waals surface area contributed by atoms with E-state index in [0.29, 0.717) is 25.0 Å². The van der Waals surface area contributed by atoms with Gasteiger partial charge in [-0.1, -0.05) is 101 Å². The summed E-state index contributed by atoms with van der Waals surface area (Å²) in [6, 6.07) is 27.8. The van der Waals surface area contributed by atoms with Crippen LogP contribution < -0.4 is 4.74 Å². The third-order valence-electron chi connectivity index (χ3n) is 12.2. The fourth-order valence-corrected chi connectivity index (χ4v) is 9.39. The lowest BCUT2D eigenvalue weighted by Crippen LogP contribution is -2.48. The van der Waals surface area contributed by atoms with Crippen LogP contribution in [0.2, 0.25) is 18.1 Å². The van der Waals surface area contributed by atoms with Gasteiger partial charge in [-0.25, -0.2) is 4.79 Å². The highest BCUT2D eigenvalue weighted by Crippen LogP contribution is 2.45. The fourth-order valence-electron chi connectivity index (χ4n) is 7.97. The summed E-state index contributed by atoms with van der Waals surface area (Å²) in [5, 5.41) is 9.20. The molecular formula is C47H66O8Si. The van der Waals surface area contributed by atoms with Crippen molar-refractivity contribution in [3.63, 3.8) is 0 Å². The van der Waals surface area contributed by atoms with Gasteiger partial charge in [-0.3, -0.25) is 4.79 Å². The minimum atomic E-state index is -2.18. The minimum absolute atomic E-state index is 0.0246. The van der Waals surface area contributed by atoms with Crippen LogP contribution in [-0.2, 0) is 23.4 Å². The number of hydrogen-bond acceptors (Lipinski definition) is 7. The van der Waals surface area contributed by atoms with Gasteiger partial charge in [-0.05, 0) is 111 Å². The molecule has 306 valence electrons. The van der Waals surface area contributed by atoms with Crippen LogP contribution in [-0.4, -0.2) is 62.7 Å². The normalized spacial score (nSPS) is 22.6. The lowest BCUT2D eigenvalue weighted by atomic mass is 9.84. The molecule has 0 amide bonds. The number of aliphatic carboxylic acids is 1. The first kappa shape index (κ1) is 43.6. The summed E-state index contributed by atoms with van der Waals surface area (Å²) < 4.78 is 33.2. The summed E-state index contributed by atoms with van der Waals surface area (Å²) in [7, 11) is -2.18. The maximum atomic E-state index is 13.9. The van der Waals surface area contributed by atoms with Crippen molar-refractivity contribution in [1.29, 1.82) is 0 Å². The number of unbranched alkanes of at least 4 members (excludes halogenated alkanes) is 3. The first-order valence-electron chi connectivity index (χ1n) is 21.1. The lowest BCUT2D eigenvalue weighted by Gasteiger charge is -2.41. The molecule has 0 radical (unpaired) electrons. The van der Waals surface area contributed by atoms with E-state index in [4.69, 9.17) is 23.4 Å². The average molecular weight is 787 g/mol. The SMILES string of the molecule is CC(Oc1ccccc1)[C@H](CC[C@H]1C(OC2CCCCO2)C[C@H](OC(=O)c2ccc(-c3ccccc3)cc2)[C@@H]1CCCCCCC(=O)O)O[Si](C)(C)C(C)(C)C. The Bertz CT molecular complexity index is 1620. The third-order valence-corrected chi connectivity index (χ3v) is 16.7. The molecule has 0 aromatic heterocycles. The monoisotopic (exact) mass is 786 g/mol. The molecule has 5 rings (SSSR count). The van der Waals surface area contributed by atoms with E-state index in [1.165, 1.54) is 0 Å². The second kappa shape index (κ2) is 20.8. The zero-order valence-electron chi connectivity index (χ0n) is 34.6. The Balaban J connectivity index is 1.39. The molecule has 2 aliphatic rings. The van der Waals surface area contributed by atoms with Crippen LogP contribution in [0.3, 0.4) is 0 Å². The topological polar surface area (TPSA) is 101 Å². The first-order valence-corrected chi connectivity index (χ1v) is 24.0. The maximum absolute atomic E-state index is 13.9. The lowest BCUT2D eigenvalue weighted by molar-refractivity contribution is -0.196. The van der Waals surface area contributed by atoms with Gasteiger partial charge in [0.25, 0.3) is 0 Å². The summed E-state index contributed by atoms with van der Waals surface area (Å²) in [4.78, 5) is 25.0. The molecule has 1 saturated heterocycles. The van der Waals surface area contributed by atoms with E-state index in [1.807, 2.05) is 72.8 Å². The number of hydrogen-bond donors (Lipinski definition) is 1. The number of esters is 1. The van der Waals surface area contributed by atoms with Gasteiger partial charge in [0.05, 0.1) is 17.8 Å². The largest absolute Gasteiger partial charge is 0.488 e. The quantitative estimate of drug-likeness (QED) is 0.0686. The first-order chi connectivity index (χ1) is 26.8. The maximum Gasteiger partial charge on any atom is 0.338 e. The van der Waals surface area contributed by atoms with Crippen molar-refractivity contribution in [3.8, 4) is 16.9 Å². The van der Waals surface area contributed by atoms with E-state index in [-0.39, 0.29) is 60.0 Å². The van der Waals surface area contributed by atoms with Crippen molar-refractivity contribution in [3.05, 3.63) is 90.5 Å². The summed E-state index contributed by atoms with van der Waals surface area (Å²) in [5.74, 6) is -0.0838. The van der Waals surface area contributed by atoms with E-state index >= 15 is 0 Å². The summed E-state index contributed by atoms with van der Waals surface area (Å²) in [6.45, 7) is 14.2. The Morgan fingerprint density at radius 1 is 0.821 bits per heavy atom. The van der Waals surface area contributed by atoms with Gasteiger partial charge in [0.1, 0.15) is 18.0 Å². The van der Waals surface area contributed by atoms with Gasteiger partial charge in [-0.15, -0.1) is 0 Å². The van der Waals surface area contributed by atoms with Crippen molar-refractivity contribution < 1.29 is 38.1 Å². The molecule has 7 atom stereocenters. The zero-order chi connectivity index (χ0) is 40.1. The van der Waals surface area contributed by atoms with Crippen molar-refractivity contribution in [2.75, 3.05) is 6.61 Å². The fraction of sp³-hybridized carbons (Fsp3) is 0.574. The molecule has 0 spiro atoms. The standard InChI is InChI=1S/C47H66O8Si/c1-34(52-38-21-13-10-14-22-38)41(55-56(5,6)47(2,3)4)31-30-40-39(23-15-7-8-16-24-44(48)49)43(33-42(40)53-45-25-17-18-32-51-45)54-46(50)37-28-26-36(27-29-37)35-19-11-9-12-20-35/h9-14,19-22,26-29,34,39-43,45H,7-8,15-18,23-25,30-33H2,1-6H3,(H,48,49)/t34?,39-,40-,41+,42?,43+,45?/m1/s1. The number of para-hydroxylation sites is 1. The van der Waals surface area contributed by atoms with Crippen molar-refractivity contribution in [2.45, 2.75) is 154 Å². The Morgan fingerprint density at radius 3 is 2.11 bits per heavy atom. The number of ether oxygens (including phenoxy) is 4. The molecule has 1 N–H and O–H groups in total. The Morgan fingerprint density at radius 2 is 1.46 bits per heavy atom. The minimum Gasteiger partial charge on any atom is -0.488 e. The number of carboxylic acid groups (broad SMARTS) is 1. The van der Waals surface area contributed by atoms with Gasteiger partial charge in [0.2, 0.25) is 0 Å². The number of rotatable bonds is 20. The smallest absolute Gasteiger partial charge is 0.338 e. The highest BCUT2D eigenvalue weighted by atomic mass is 28.4. The third kappa shape index (κ3) is 12.8. The molecule has 8 nitrogen and oxygen atoms in total. The van der Waals surface area contributed by atoms with Gasteiger partial charge < -0.3 is 28.5 Å². The highest BCUT2D eigenvalue weighted by molar-refractivity contribution is 6.74. The van der Waals surface area contributed by atoms with E-state index in [0.717, 1.165) is 74.7 Å². The van der Waals surface area contributed by atoms with Gasteiger partial charge in [-0.2, -0.15) is 0 Å². The molecule has 3 aromatic carbocycles. The molecule has 2 fully saturated rings. The van der Waals surface area contributed by atoms with Crippen LogP contribution in [0.1, 0.15) is 115 Å². The number of carboxylic acids is 1. The van der Waals surface area contributed by atoms with Crippen LogP contribution in [0.4, 0.5) is 0 Å². The van der Waals surface area contributed by atoms with Gasteiger partial charge >= 0.3 is 11.9 Å². The van der Waals surface area contributed by atoms with Crippen LogP contribution >= 0.6 is 0 Å². The molecule has 1 aliphatic carbocycles. The Hall–Kier alpha value is -3.50. The van der Waals surface area contributed by atoms with E-state index in [2.05, 4.69) is 52.9 Å². The molecule has 1 heterocycles. The molecule has 9 heteroatoms.